The van der Waals surface area contributed by atoms with Crippen LogP contribution in [0.1, 0.15) is 55.5 Å². The van der Waals surface area contributed by atoms with Crippen LogP contribution in [-0.4, -0.2) is 69.7 Å². The van der Waals surface area contributed by atoms with E-state index in [4.69, 9.17) is 14.7 Å². The lowest BCUT2D eigenvalue weighted by Crippen LogP contribution is -2.52. The van der Waals surface area contributed by atoms with Gasteiger partial charge in [-0.25, -0.2) is 9.97 Å². The van der Waals surface area contributed by atoms with Gasteiger partial charge in [-0.1, -0.05) is 38.1 Å². The highest BCUT2D eigenvalue weighted by Crippen LogP contribution is 2.28. The average molecular weight is 503 g/mol. The number of fused-ring (bicyclic) bond motifs is 2. The molecular weight excluding hydrogens is 464 g/mol. The van der Waals surface area contributed by atoms with Gasteiger partial charge >= 0.3 is 0 Å². The zero-order valence-corrected chi connectivity index (χ0v) is 22.1. The fourth-order valence-corrected chi connectivity index (χ4v) is 5.43. The number of hydrogen-bond acceptors (Lipinski definition) is 5. The van der Waals surface area contributed by atoms with E-state index < -0.39 is 0 Å². The molecule has 2 atom stereocenters. The van der Waals surface area contributed by atoms with Crippen molar-refractivity contribution in [3.05, 3.63) is 60.2 Å². The smallest absolute Gasteiger partial charge is 0.290 e. The van der Waals surface area contributed by atoms with Crippen molar-refractivity contribution in [2.24, 2.45) is 5.92 Å². The number of nitrogens with one attached hydrogen (secondary N) is 2. The maximum Gasteiger partial charge on any atom is 0.290 e. The fraction of sp³-hybridized carbons (Fsp3) is 0.483. The van der Waals surface area contributed by atoms with E-state index in [-0.39, 0.29) is 17.9 Å². The third kappa shape index (κ3) is 5.55. The predicted molar refractivity (Wildman–Crippen MR) is 147 cm³/mol. The molecule has 0 bridgehead atoms. The number of nitrogens with zero attached hydrogens (tertiary/aromatic N) is 4. The highest BCUT2D eigenvalue weighted by molar-refractivity contribution is 5.95. The van der Waals surface area contributed by atoms with Gasteiger partial charge in [0.1, 0.15) is 5.82 Å². The van der Waals surface area contributed by atoms with Crippen molar-refractivity contribution < 1.29 is 9.53 Å². The largest absolute Gasteiger partial charge is 0.385 e. The van der Waals surface area contributed by atoms with Gasteiger partial charge in [0.25, 0.3) is 5.91 Å². The fourth-order valence-electron chi connectivity index (χ4n) is 5.43. The minimum atomic E-state index is 0.00805. The Bertz CT molecular complexity index is 1310. The molecule has 1 aliphatic rings. The van der Waals surface area contributed by atoms with Gasteiger partial charge in [0.05, 0.1) is 22.1 Å². The summed E-state index contributed by atoms with van der Waals surface area (Å²) in [5, 5.41) is 3.58. The summed E-state index contributed by atoms with van der Waals surface area (Å²) in [7, 11) is 1.72. The van der Waals surface area contributed by atoms with E-state index in [9.17, 15) is 4.79 Å². The molecule has 0 unspecified atom stereocenters. The first-order chi connectivity index (χ1) is 18.0. The standard InChI is InChI=1S/C29H38N6O2/c1-20(2)19-35(22-16-21(17-30-18-22)27-31-23-10-4-5-11-24(23)32-27)29(36)28-33-25-12-6-7-13-26(25)34(28)14-8-9-15-37-3/h4-7,10-13,20-22,30H,8-9,14-19H2,1-3H3,(H,31,32)/t21-,22+/m1/s1. The zero-order chi connectivity index (χ0) is 25.8. The molecule has 2 aromatic carbocycles. The Labute approximate surface area is 218 Å². The Hall–Kier alpha value is -3.23. The number of benzene rings is 2. The molecule has 0 aliphatic carbocycles. The Morgan fingerprint density at radius 3 is 2.65 bits per heavy atom. The molecule has 37 heavy (non-hydrogen) atoms. The van der Waals surface area contributed by atoms with Gasteiger partial charge in [0.2, 0.25) is 0 Å². The monoisotopic (exact) mass is 502 g/mol. The molecular formula is C29H38N6O2. The van der Waals surface area contributed by atoms with Crippen molar-refractivity contribution in [3.63, 3.8) is 0 Å². The summed E-state index contributed by atoms with van der Waals surface area (Å²) in [5.41, 5.74) is 3.91. The number of H-pyrrole nitrogens is 1. The summed E-state index contributed by atoms with van der Waals surface area (Å²) in [4.78, 5) is 29.5. The molecule has 1 amide bonds. The lowest BCUT2D eigenvalue weighted by molar-refractivity contribution is 0.0590. The van der Waals surface area contributed by atoms with Gasteiger partial charge < -0.3 is 24.5 Å². The first-order valence-electron chi connectivity index (χ1n) is 13.5. The molecule has 0 spiro atoms. The van der Waals surface area contributed by atoms with Crippen LogP contribution in [0, 0.1) is 5.92 Å². The van der Waals surface area contributed by atoms with E-state index >= 15 is 0 Å². The molecule has 5 rings (SSSR count). The molecule has 3 heterocycles. The second-order valence-electron chi connectivity index (χ2n) is 10.5. The number of imidazole rings is 2. The van der Waals surface area contributed by atoms with Gasteiger partial charge in [0, 0.05) is 51.9 Å². The van der Waals surface area contributed by atoms with Crippen molar-refractivity contribution in [1.29, 1.82) is 0 Å². The van der Waals surface area contributed by atoms with Crippen LogP contribution in [0.5, 0.6) is 0 Å². The van der Waals surface area contributed by atoms with Gasteiger partial charge in [-0.3, -0.25) is 4.79 Å². The number of aryl methyl sites for hydroxylation is 1. The van der Waals surface area contributed by atoms with Crippen LogP contribution in [0.3, 0.4) is 0 Å². The molecule has 1 saturated heterocycles. The van der Waals surface area contributed by atoms with Gasteiger partial charge in [-0.05, 0) is 49.4 Å². The van der Waals surface area contributed by atoms with Crippen LogP contribution in [0.15, 0.2) is 48.5 Å². The van der Waals surface area contributed by atoms with E-state index in [1.807, 2.05) is 36.4 Å². The van der Waals surface area contributed by atoms with Gasteiger partial charge in [0.15, 0.2) is 5.82 Å². The van der Waals surface area contributed by atoms with E-state index in [0.717, 1.165) is 66.8 Å². The quantitative estimate of drug-likeness (QED) is 0.310. The van der Waals surface area contributed by atoms with Gasteiger partial charge in [-0.2, -0.15) is 0 Å². The molecule has 0 saturated carbocycles. The van der Waals surface area contributed by atoms with Crippen LogP contribution in [0.4, 0.5) is 0 Å². The van der Waals surface area contributed by atoms with E-state index in [1.165, 1.54) is 0 Å². The van der Waals surface area contributed by atoms with Crippen molar-refractivity contribution in [2.45, 2.75) is 51.6 Å². The second kappa shape index (κ2) is 11.4. The minimum Gasteiger partial charge on any atom is -0.385 e. The van der Waals surface area contributed by atoms with Crippen molar-refractivity contribution in [3.8, 4) is 0 Å². The highest BCUT2D eigenvalue weighted by atomic mass is 16.5. The normalized spacial score (nSPS) is 18.2. The number of para-hydroxylation sites is 4. The van der Waals surface area contributed by atoms with E-state index in [2.05, 4.69) is 45.7 Å². The Balaban J connectivity index is 1.42. The number of unbranched alkanes of at least 4 members (excludes halogenated alkanes) is 1. The number of rotatable bonds is 10. The topological polar surface area (TPSA) is 88.1 Å². The second-order valence-corrected chi connectivity index (χ2v) is 10.5. The number of carbonyl (C=O) groups excluding carboxylic acids is 1. The first kappa shape index (κ1) is 25.4. The highest BCUT2D eigenvalue weighted by Gasteiger charge is 2.34. The third-order valence-electron chi connectivity index (χ3n) is 7.21. The van der Waals surface area contributed by atoms with Crippen LogP contribution < -0.4 is 5.32 Å². The summed E-state index contributed by atoms with van der Waals surface area (Å²) in [6.07, 6.45) is 2.73. The number of aromatic nitrogens is 4. The Morgan fingerprint density at radius 2 is 1.86 bits per heavy atom. The number of methoxy groups -OCH3 is 1. The van der Waals surface area contributed by atoms with Crippen molar-refractivity contribution in [2.75, 3.05) is 33.4 Å². The molecule has 2 aromatic heterocycles. The number of carbonyl (C=O) groups is 1. The van der Waals surface area contributed by atoms with E-state index in [0.29, 0.717) is 24.9 Å². The first-order valence-corrected chi connectivity index (χ1v) is 13.5. The number of ether oxygens (including phenoxy) is 1. The molecule has 8 nitrogen and oxygen atoms in total. The maximum absolute atomic E-state index is 14.2. The molecule has 4 aromatic rings. The molecule has 196 valence electrons. The van der Waals surface area contributed by atoms with Crippen LogP contribution in [-0.2, 0) is 11.3 Å². The van der Waals surface area contributed by atoms with Crippen molar-refractivity contribution >= 4 is 28.0 Å². The number of hydrogen-bond donors (Lipinski definition) is 2. The molecule has 1 fully saturated rings. The summed E-state index contributed by atoms with van der Waals surface area (Å²) >= 11 is 0. The summed E-state index contributed by atoms with van der Waals surface area (Å²) in [6.45, 7) is 8.09. The average Bonchev–Trinajstić information content (AvgIpc) is 3.51. The zero-order valence-electron chi connectivity index (χ0n) is 22.1. The Kier molecular flexibility index (Phi) is 7.86. The SMILES string of the molecule is COCCCCn1c(C(=O)N(CC(C)C)[C@@H]2CNC[C@H](c3nc4ccccc4[nH]3)C2)nc2ccccc21. The maximum atomic E-state index is 14.2. The van der Waals surface area contributed by atoms with Crippen LogP contribution in [0.2, 0.25) is 0 Å². The number of piperidine rings is 1. The van der Waals surface area contributed by atoms with Crippen LogP contribution >= 0.6 is 0 Å². The summed E-state index contributed by atoms with van der Waals surface area (Å²) in [5.74, 6) is 2.08. The Morgan fingerprint density at radius 1 is 1.08 bits per heavy atom. The number of aromatic amines is 1. The van der Waals surface area contributed by atoms with Gasteiger partial charge in [-0.15, -0.1) is 0 Å². The minimum absolute atomic E-state index is 0.00805. The molecule has 1 aliphatic heterocycles. The third-order valence-corrected chi connectivity index (χ3v) is 7.21. The number of amides is 1. The molecule has 2 N–H and O–H groups in total. The lowest BCUT2D eigenvalue weighted by Gasteiger charge is -2.38. The van der Waals surface area contributed by atoms with Crippen LogP contribution in [0.25, 0.3) is 22.1 Å². The van der Waals surface area contributed by atoms with E-state index in [1.54, 1.807) is 7.11 Å². The molecule has 8 heteroatoms. The predicted octanol–water partition coefficient (Wildman–Crippen LogP) is 4.58. The molecule has 0 radical (unpaired) electrons. The van der Waals surface area contributed by atoms with Crippen molar-refractivity contribution in [1.82, 2.24) is 29.7 Å². The lowest BCUT2D eigenvalue weighted by atomic mass is 9.93. The summed E-state index contributed by atoms with van der Waals surface area (Å²) < 4.78 is 7.34. The summed E-state index contributed by atoms with van der Waals surface area (Å²) in [6, 6.07) is 16.2.